The predicted octanol–water partition coefficient (Wildman–Crippen LogP) is 2.86. The summed E-state index contributed by atoms with van der Waals surface area (Å²) in [5.41, 5.74) is 8.70. The van der Waals surface area contributed by atoms with Gasteiger partial charge in [-0.05, 0) is 35.2 Å². The molecule has 27 heavy (non-hydrogen) atoms. The van der Waals surface area contributed by atoms with Gasteiger partial charge in [0.05, 0.1) is 22.6 Å². The largest absolute Gasteiger partial charge is 0.368 e. The molecule has 2 aromatic carbocycles. The molecule has 0 saturated carbocycles. The van der Waals surface area contributed by atoms with Crippen molar-refractivity contribution in [3.05, 3.63) is 69.2 Å². The van der Waals surface area contributed by atoms with E-state index in [1.165, 1.54) is 0 Å². The number of rotatable bonds is 5. The summed E-state index contributed by atoms with van der Waals surface area (Å²) in [4.78, 5) is 28.1. The zero-order valence-corrected chi connectivity index (χ0v) is 16.5. The fourth-order valence-electron chi connectivity index (χ4n) is 3.32. The van der Waals surface area contributed by atoms with E-state index in [1.54, 1.807) is 24.1 Å². The van der Waals surface area contributed by atoms with Gasteiger partial charge in [0.25, 0.3) is 0 Å². The third kappa shape index (κ3) is 4.61. The lowest BCUT2D eigenvalue weighted by Gasteiger charge is -2.35. The van der Waals surface area contributed by atoms with E-state index in [1.807, 2.05) is 35.2 Å². The van der Waals surface area contributed by atoms with Gasteiger partial charge in [0.2, 0.25) is 11.8 Å². The van der Waals surface area contributed by atoms with E-state index in [2.05, 4.69) is 0 Å². The SMILES string of the molecule is CN(Cc1ccc(Cl)c(Cl)c1)C(=O)CN1Cc2ccccc2CC1C(N)=O. The molecule has 0 radical (unpaired) electrons. The van der Waals surface area contributed by atoms with Crippen molar-refractivity contribution >= 4 is 35.0 Å². The minimum absolute atomic E-state index is 0.0910. The van der Waals surface area contributed by atoms with Crippen molar-refractivity contribution in [2.75, 3.05) is 13.6 Å². The van der Waals surface area contributed by atoms with Gasteiger partial charge in [-0.1, -0.05) is 53.5 Å². The van der Waals surface area contributed by atoms with Crippen LogP contribution in [0.4, 0.5) is 0 Å². The van der Waals surface area contributed by atoms with Crippen LogP contribution < -0.4 is 5.73 Å². The van der Waals surface area contributed by atoms with Gasteiger partial charge in [-0.15, -0.1) is 0 Å². The van der Waals surface area contributed by atoms with Gasteiger partial charge in [-0.3, -0.25) is 14.5 Å². The van der Waals surface area contributed by atoms with E-state index >= 15 is 0 Å². The van der Waals surface area contributed by atoms with E-state index in [0.29, 0.717) is 29.6 Å². The number of benzene rings is 2. The normalized spacial score (nSPS) is 16.6. The fraction of sp³-hybridized carbons (Fsp3) is 0.300. The number of carbonyl (C=O) groups is 2. The van der Waals surface area contributed by atoms with Crippen LogP contribution in [-0.4, -0.2) is 41.2 Å². The van der Waals surface area contributed by atoms with Crippen LogP contribution in [0.1, 0.15) is 16.7 Å². The Morgan fingerprint density at radius 1 is 1.15 bits per heavy atom. The summed E-state index contributed by atoms with van der Waals surface area (Å²) in [6.07, 6.45) is 0.523. The summed E-state index contributed by atoms with van der Waals surface area (Å²) >= 11 is 12.0. The molecule has 0 saturated heterocycles. The lowest BCUT2D eigenvalue weighted by atomic mass is 9.93. The second kappa shape index (κ2) is 8.30. The Bertz CT molecular complexity index is 872. The Hall–Kier alpha value is -2.08. The first-order valence-electron chi connectivity index (χ1n) is 8.63. The minimum atomic E-state index is -0.484. The maximum atomic E-state index is 12.7. The van der Waals surface area contributed by atoms with Gasteiger partial charge < -0.3 is 10.6 Å². The molecular formula is C20H21Cl2N3O2. The van der Waals surface area contributed by atoms with Crippen LogP contribution in [0.5, 0.6) is 0 Å². The van der Waals surface area contributed by atoms with Crippen LogP contribution in [-0.2, 0) is 29.1 Å². The molecule has 7 heteroatoms. The van der Waals surface area contributed by atoms with E-state index in [-0.39, 0.29) is 12.5 Å². The average Bonchev–Trinajstić information content (AvgIpc) is 2.64. The number of hydrogen-bond acceptors (Lipinski definition) is 3. The lowest BCUT2D eigenvalue weighted by Crippen LogP contribution is -2.51. The fourth-order valence-corrected chi connectivity index (χ4v) is 3.64. The number of primary amides is 1. The van der Waals surface area contributed by atoms with Crippen LogP contribution >= 0.6 is 23.2 Å². The molecule has 1 aliphatic rings. The van der Waals surface area contributed by atoms with Crippen LogP contribution in [0, 0.1) is 0 Å². The topological polar surface area (TPSA) is 66.6 Å². The van der Waals surface area contributed by atoms with Crippen molar-refractivity contribution in [2.45, 2.75) is 25.6 Å². The van der Waals surface area contributed by atoms with Crippen molar-refractivity contribution in [3.63, 3.8) is 0 Å². The van der Waals surface area contributed by atoms with E-state index in [9.17, 15) is 9.59 Å². The first kappa shape index (κ1) is 19.7. The monoisotopic (exact) mass is 405 g/mol. The number of amides is 2. The summed E-state index contributed by atoms with van der Waals surface area (Å²) < 4.78 is 0. The molecule has 2 aromatic rings. The highest BCUT2D eigenvalue weighted by Crippen LogP contribution is 2.24. The molecule has 3 rings (SSSR count). The Morgan fingerprint density at radius 2 is 1.85 bits per heavy atom. The predicted molar refractivity (Wildman–Crippen MR) is 106 cm³/mol. The highest BCUT2D eigenvalue weighted by Gasteiger charge is 2.31. The van der Waals surface area contributed by atoms with E-state index in [4.69, 9.17) is 28.9 Å². The smallest absolute Gasteiger partial charge is 0.236 e. The summed E-state index contributed by atoms with van der Waals surface area (Å²) in [5, 5.41) is 0.933. The lowest BCUT2D eigenvalue weighted by molar-refractivity contribution is -0.134. The number of nitrogens with two attached hydrogens (primary N) is 1. The number of hydrogen-bond donors (Lipinski definition) is 1. The Kier molecular flexibility index (Phi) is 6.05. The Morgan fingerprint density at radius 3 is 2.52 bits per heavy atom. The molecule has 1 unspecified atom stereocenters. The molecule has 0 bridgehead atoms. The van der Waals surface area contributed by atoms with Crippen molar-refractivity contribution in [1.82, 2.24) is 9.80 Å². The molecule has 1 atom stereocenters. The van der Waals surface area contributed by atoms with Crippen molar-refractivity contribution in [1.29, 1.82) is 0 Å². The summed E-state index contributed by atoms with van der Waals surface area (Å²) in [7, 11) is 1.72. The van der Waals surface area contributed by atoms with E-state index < -0.39 is 11.9 Å². The number of fused-ring (bicyclic) bond motifs is 1. The zero-order valence-electron chi connectivity index (χ0n) is 15.0. The molecule has 0 aromatic heterocycles. The van der Waals surface area contributed by atoms with Crippen LogP contribution in [0.3, 0.4) is 0 Å². The first-order valence-corrected chi connectivity index (χ1v) is 9.39. The molecule has 2 amide bonds. The van der Waals surface area contributed by atoms with E-state index in [0.717, 1.165) is 16.7 Å². The highest BCUT2D eigenvalue weighted by atomic mass is 35.5. The quantitative estimate of drug-likeness (QED) is 0.831. The van der Waals surface area contributed by atoms with Crippen molar-refractivity contribution < 1.29 is 9.59 Å². The molecule has 142 valence electrons. The van der Waals surface area contributed by atoms with Crippen LogP contribution in [0.25, 0.3) is 0 Å². The second-order valence-corrected chi connectivity index (χ2v) is 7.61. The van der Waals surface area contributed by atoms with Crippen LogP contribution in [0.15, 0.2) is 42.5 Å². The highest BCUT2D eigenvalue weighted by molar-refractivity contribution is 6.42. The third-order valence-corrected chi connectivity index (χ3v) is 5.58. The number of likely N-dealkylation sites (N-methyl/N-ethyl adjacent to an activating group) is 1. The van der Waals surface area contributed by atoms with Crippen LogP contribution in [0.2, 0.25) is 10.0 Å². The molecule has 0 aliphatic carbocycles. The molecule has 0 fully saturated rings. The summed E-state index contributed by atoms with van der Waals surface area (Å²) in [6.45, 7) is 1.05. The average molecular weight is 406 g/mol. The number of nitrogens with zero attached hydrogens (tertiary/aromatic N) is 2. The maximum absolute atomic E-state index is 12.7. The zero-order chi connectivity index (χ0) is 19.6. The van der Waals surface area contributed by atoms with Gasteiger partial charge in [0.15, 0.2) is 0 Å². The first-order chi connectivity index (χ1) is 12.8. The van der Waals surface area contributed by atoms with Gasteiger partial charge >= 0.3 is 0 Å². The molecule has 1 heterocycles. The molecule has 0 spiro atoms. The summed E-state index contributed by atoms with van der Waals surface area (Å²) in [5.74, 6) is -0.504. The summed E-state index contributed by atoms with van der Waals surface area (Å²) in [6, 6.07) is 12.7. The number of halogens is 2. The van der Waals surface area contributed by atoms with Gasteiger partial charge in [0, 0.05) is 20.1 Å². The van der Waals surface area contributed by atoms with Gasteiger partial charge in [-0.2, -0.15) is 0 Å². The molecule has 2 N–H and O–H groups in total. The Balaban J connectivity index is 1.69. The third-order valence-electron chi connectivity index (χ3n) is 4.84. The molecular weight excluding hydrogens is 385 g/mol. The van der Waals surface area contributed by atoms with Gasteiger partial charge in [0.1, 0.15) is 0 Å². The minimum Gasteiger partial charge on any atom is -0.368 e. The Labute approximate surface area is 168 Å². The second-order valence-electron chi connectivity index (χ2n) is 6.79. The van der Waals surface area contributed by atoms with Crippen molar-refractivity contribution in [2.24, 2.45) is 5.73 Å². The molecule has 1 aliphatic heterocycles. The van der Waals surface area contributed by atoms with Crippen molar-refractivity contribution in [3.8, 4) is 0 Å². The maximum Gasteiger partial charge on any atom is 0.236 e. The standard InChI is InChI=1S/C20H21Cl2N3O2/c1-24(10-13-6-7-16(21)17(22)8-13)19(26)12-25-11-15-5-3-2-4-14(15)9-18(25)20(23)27/h2-8,18H,9-12H2,1H3,(H2,23,27). The molecule has 5 nitrogen and oxygen atoms in total. The van der Waals surface area contributed by atoms with Gasteiger partial charge in [-0.25, -0.2) is 0 Å². The number of carbonyl (C=O) groups excluding carboxylic acids is 2.